The molecule has 19 heavy (non-hydrogen) atoms. The van der Waals surface area contributed by atoms with Crippen LogP contribution in [0.1, 0.15) is 5.56 Å². The van der Waals surface area contributed by atoms with Gasteiger partial charge in [-0.3, -0.25) is 4.79 Å². The van der Waals surface area contributed by atoms with Crippen molar-refractivity contribution in [1.82, 2.24) is 0 Å². The standard InChI is InChI=1S/C14H15FN2OS/c1-17(8-11-6-7-19-10-11)9-14(18)16-13-5-3-2-4-12(13)15/h2-7,10H,8-9H2,1H3,(H,16,18)/p+1. The minimum absolute atomic E-state index is 0.183. The molecule has 0 aliphatic rings. The van der Waals surface area contributed by atoms with Crippen molar-refractivity contribution in [1.29, 1.82) is 0 Å². The number of hydrogen-bond donors (Lipinski definition) is 2. The third kappa shape index (κ3) is 4.15. The Labute approximate surface area is 115 Å². The highest BCUT2D eigenvalue weighted by Crippen LogP contribution is 2.11. The molecule has 0 saturated carbocycles. The number of quaternary nitrogens is 1. The number of carbonyl (C=O) groups is 1. The van der Waals surface area contributed by atoms with Crippen LogP contribution in [-0.2, 0) is 11.3 Å². The summed E-state index contributed by atoms with van der Waals surface area (Å²) >= 11 is 1.64. The molecular formula is C14H16FN2OS+. The Kier molecular flexibility index (Phi) is 4.65. The highest BCUT2D eigenvalue weighted by atomic mass is 32.1. The van der Waals surface area contributed by atoms with Gasteiger partial charge in [-0.2, -0.15) is 11.3 Å². The summed E-state index contributed by atoms with van der Waals surface area (Å²) in [6.45, 7) is 1.10. The van der Waals surface area contributed by atoms with E-state index in [4.69, 9.17) is 0 Å². The molecule has 0 radical (unpaired) electrons. The van der Waals surface area contributed by atoms with E-state index in [0.717, 1.165) is 11.4 Å². The first-order valence-corrected chi connectivity index (χ1v) is 6.96. The average Bonchev–Trinajstić information content (AvgIpc) is 2.84. The van der Waals surface area contributed by atoms with Crippen molar-refractivity contribution in [2.75, 3.05) is 18.9 Å². The average molecular weight is 279 g/mol. The maximum absolute atomic E-state index is 13.4. The van der Waals surface area contributed by atoms with Crippen LogP contribution in [0.25, 0.3) is 0 Å². The van der Waals surface area contributed by atoms with Crippen molar-refractivity contribution in [3.8, 4) is 0 Å². The van der Waals surface area contributed by atoms with Crippen molar-refractivity contribution < 1.29 is 14.1 Å². The van der Waals surface area contributed by atoms with Gasteiger partial charge >= 0.3 is 0 Å². The van der Waals surface area contributed by atoms with Gasteiger partial charge in [-0.1, -0.05) is 12.1 Å². The van der Waals surface area contributed by atoms with Gasteiger partial charge in [0.2, 0.25) is 0 Å². The number of carbonyl (C=O) groups excluding carboxylic acids is 1. The molecule has 0 bridgehead atoms. The van der Waals surface area contributed by atoms with Gasteiger partial charge in [0.1, 0.15) is 12.4 Å². The number of halogens is 1. The van der Waals surface area contributed by atoms with Gasteiger partial charge < -0.3 is 10.2 Å². The first-order chi connectivity index (χ1) is 9.15. The van der Waals surface area contributed by atoms with Crippen molar-refractivity contribution in [3.05, 3.63) is 52.5 Å². The predicted octanol–water partition coefficient (Wildman–Crippen LogP) is 1.54. The van der Waals surface area contributed by atoms with E-state index in [1.807, 2.05) is 18.5 Å². The van der Waals surface area contributed by atoms with Crippen LogP contribution in [0.4, 0.5) is 10.1 Å². The van der Waals surface area contributed by atoms with E-state index in [-0.39, 0.29) is 11.6 Å². The number of hydrogen-bond acceptors (Lipinski definition) is 2. The van der Waals surface area contributed by atoms with Crippen molar-refractivity contribution in [3.63, 3.8) is 0 Å². The molecule has 0 aliphatic heterocycles. The summed E-state index contributed by atoms with van der Waals surface area (Å²) in [5.74, 6) is -0.593. The maximum Gasteiger partial charge on any atom is 0.279 e. The summed E-state index contributed by atoms with van der Waals surface area (Å²) in [5, 5.41) is 6.67. The highest BCUT2D eigenvalue weighted by molar-refractivity contribution is 7.07. The molecule has 2 N–H and O–H groups in total. The minimum Gasteiger partial charge on any atom is -0.326 e. The predicted molar refractivity (Wildman–Crippen MR) is 74.8 cm³/mol. The molecule has 0 spiro atoms. The summed E-state index contributed by atoms with van der Waals surface area (Å²) in [6, 6.07) is 8.22. The second-order valence-electron chi connectivity index (χ2n) is 4.47. The molecule has 1 amide bonds. The molecule has 2 aromatic rings. The Morgan fingerprint density at radius 3 is 2.84 bits per heavy atom. The molecule has 1 heterocycles. The third-order valence-electron chi connectivity index (χ3n) is 2.70. The van der Waals surface area contributed by atoms with E-state index in [1.165, 1.54) is 11.6 Å². The smallest absolute Gasteiger partial charge is 0.279 e. The molecule has 1 aromatic heterocycles. The lowest BCUT2D eigenvalue weighted by Gasteiger charge is -2.13. The molecule has 1 atom stereocenters. The quantitative estimate of drug-likeness (QED) is 0.855. The maximum atomic E-state index is 13.4. The largest absolute Gasteiger partial charge is 0.326 e. The zero-order valence-corrected chi connectivity index (χ0v) is 11.5. The highest BCUT2D eigenvalue weighted by Gasteiger charge is 2.12. The first-order valence-electron chi connectivity index (χ1n) is 6.02. The molecule has 3 nitrogen and oxygen atoms in total. The van der Waals surface area contributed by atoms with Crippen LogP contribution in [0.15, 0.2) is 41.1 Å². The number of benzene rings is 1. The van der Waals surface area contributed by atoms with Crippen LogP contribution in [0.3, 0.4) is 0 Å². The summed E-state index contributed by atoms with van der Waals surface area (Å²) in [5.41, 5.74) is 1.44. The fourth-order valence-corrected chi connectivity index (χ4v) is 2.50. The van der Waals surface area contributed by atoms with Crippen LogP contribution in [0, 0.1) is 5.82 Å². The Balaban J connectivity index is 1.86. The lowest BCUT2D eigenvalue weighted by Crippen LogP contribution is -3.08. The summed E-state index contributed by atoms with van der Waals surface area (Å²) in [6.07, 6.45) is 0. The molecule has 100 valence electrons. The first kappa shape index (κ1) is 13.7. The zero-order chi connectivity index (χ0) is 13.7. The molecule has 0 saturated heterocycles. The summed E-state index contributed by atoms with van der Waals surface area (Å²) < 4.78 is 13.4. The van der Waals surface area contributed by atoms with Gasteiger partial charge in [0.05, 0.1) is 12.7 Å². The van der Waals surface area contributed by atoms with Crippen LogP contribution in [0.5, 0.6) is 0 Å². The summed E-state index contributed by atoms with van der Waals surface area (Å²) in [4.78, 5) is 12.9. The number of likely N-dealkylation sites (N-methyl/N-ethyl adjacent to an activating group) is 1. The summed E-state index contributed by atoms with van der Waals surface area (Å²) in [7, 11) is 1.94. The second-order valence-corrected chi connectivity index (χ2v) is 5.25. The molecule has 2 rings (SSSR count). The van der Waals surface area contributed by atoms with Gasteiger partial charge in [0.25, 0.3) is 5.91 Å². The number of para-hydroxylation sites is 1. The van der Waals surface area contributed by atoms with Gasteiger partial charge in [0.15, 0.2) is 6.54 Å². The lowest BCUT2D eigenvalue weighted by molar-refractivity contribution is -0.885. The fraction of sp³-hybridized carbons (Fsp3) is 0.214. The van der Waals surface area contributed by atoms with Gasteiger partial charge in [0, 0.05) is 5.56 Å². The molecule has 5 heteroatoms. The normalized spacial score (nSPS) is 12.1. The van der Waals surface area contributed by atoms with E-state index in [1.54, 1.807) is 29.5 Å². The Morgan fingerprint density at radius 1 is 1.37 bits per heavy atom. The van der Waals surface area contributed by atoms with Crippen molar-refractivity contribution in [2.24, 2.45) is 0 Å². The van der Waals surface area contributed by atoms with Gasteiger partial charge in [-0.05, 0) is 29.0 Å². The van der Waals surface area contributed by atoms with Gasteiger partial charge in [-0.25, -0.2) is 4.39 Å². The topological polar surface area (TPSA) is 33.5 Å². The monoisotopic (exact) mass is 279 g/mol. The van der Waals surface area contributed by atoms with Gasteiger partial charge in [-0.15, -0.1) is 0 Å². The number of rotatable bonds is 5. The Hall–Kier alpha value is -1.72. The zero-order valence-electron chi connectivity index (χ0n) is 10.7. The van der Waals surface area contributed by atoms with Crippen molar-refractivity contribution >= 4 is 22.9 Å². The van der Waals surface area contributed by atoms with Crippen LogP contribution in [-0.4, -0.2) is 19.5 Å². The number of thiophene rings is 1. The van der Waals surface area contributed by atoms with E-state index < -0.39 is 5.82 Å². The Morgan fingerprint density at radius 2 is 2.16 bits per heavy atom. The van der Waals surface area contributed by atoms with Crippen LogP contribution >= 0.6 is 11.3 Å². The van der Waals surface area contributed by atoms with E-state index in [2.05, 4.69) is 10.7 Å². The fourth-order valence-electron chi connectivity index (χ4n) is 1.84. The minimum atomic E-state index is -0.411. The molecule has 1 unspecified atom stereocenters. The van der Waals surface area contributed by atoms with E-state index >= 15 is 0 Å². The van der Waals surface area contributed by atoms with Crippen LogP contribution in [0.2, 0.25) is 0 Å². The molecule has 1 aromatic carbocycles. The molecule has 0 aliphatic carbocycles. The van der Waals surface area contributed by atoms with Crippen molar-refractivity contribution in [2.45, 2.75) is 6.54 Å². The molecular weight excluding hydrogens is 263 g/mol. The van der Waals surface area contributed by atoms with Crippen LogP contribution < -0.4 is 10.2 Å². The number of anilines is 1. The number of nitrogens with one attached hydrogen (secondary N) is 2. The second kappa shape index (κ2) is 6.45. The number of amides is 1. The van der Waals surface area contributed by atoms with E-state index in [9.17, 15) is 9.18 Å². The van der Waals surface area contributed by atoms with E-state index in [0.29, 0.717) is 6.54 Å². The lowest BCUT2D eigenvalue weighted by atomic mass is 10.3. The SMILES string of the molecule is C[NH+](CC(=O)Nc1ccccc1F)Cc1ccsc1. The molecule has 0 fully saturated rings. The Bertz CT molecular complexity index is 542. The third-order valence-corrected chi connectivity index (χ3v) is 3.43.